The summed E-state index contributed by atoms with van der Waals surface area (Å²) in [6.07, 6.45) is 3.18. The van der Waals surface area contributed by atoms with E-state index in [2.05, 4.69) is 43.2 Å². The van der Waals surface area contributed by atoms with E-state index in [4.69, 9.17) is 4.74 Å². The quantitative estimate of drug-likeness (QED) is 0.556. The summed E-state index contributed by atoms with van der Waals surface area (Å²) in [5.41, 5.74) is 3.44. The molecule has 1 aliphatic heterocycles. The smallest absolute Gasteiger partial charge is 0.123 e. The molecule has 0 radical (unpaired) electrons. The second-order valence-electron chi connectivity index (χ2n) is 8.75. The highest BCUT2D eigenvalue weighted by Crippen LogP contribution is 2.30. The molecule has 0 saturated carbocycles. The molecule has 3 rings (SSSR count). The van der Waals surface area contributed by atoms with Crippen LogP contribution in [0.2, 0.25) is 0 Å². The first-order chi connectivity index (χ1) is 14.5. The summed E-state index contributed by atoms with van der Waals surface area (Å²) in [5.74, 6) is 2.17. The highest BCUT2D eigenvalue weighted by atomic mass is 19.1. The van der Waals surface area contributed by atoms with Crippen LogP contribution in [0, 0.1) is 23.6 Å². The van der Waals surface area contributed by atoms with Crippen LogP contribution in [0.1, 0.15) is 37.8 Å². The zero-order chi connectivity index (χ0) is 21.3. The average Bonchev–Trinajstić information content (AvgIpc) is 2.77. The van der Waals surface area contributed by atoms with Crippen LogP contribution in [-0.4, -0.2) is 19.7 Å². The van der Waals surface area contributed by atoms with Crippen LogP contribution in [0.4, 0.5) is 4.39 Å². The molecule has 0 unspecified atom stereocenters. The molecule has 0 spiro atoms. The molecule has 1 fully saturated rings. The van der Waals surface area contributed by atoms with Crippen molar-refractivity contribution >= 4 is 0 Å². The zero-order valence-corrected chi connectivity index (χ0v) is 18.3. The minimum absolute atomic E-state index is 0.185. The Hall–Kier alpha value is -2.33. The minimum atomic E-state index is -0.185. The SMILES string of the molecule is C=C(NCc1ccc(OCC(C)C)cc1)[C@H](Cc1ccc(F)cc1)C1CCNCC1. The number of piperidine rings is 1. The Kier molecular flexibility index (Phi) is 8.32. The number of ether oxygens (including phenoxy) is 1. The molecule has 1 aliphatic rings. The van der Waals surface area contributed by atoms with Crippen molar-refractivity contribution in [3.8, 4) is 5.75 Å². The Bertz CT molecular complexity index is 780. The zero-order valence-electron chi connectivity index (χ0n) is 18.3. The van der Waals surface area contributed by atoms with Gasteiger partial charge in [-0.2, -0.15) is 0 Å². The lowest BCUT2D eigenvalue weighted by atomic mass is 9.79. The van der Waals surface area contributed by atoms with E-state index in [1.165, 1.54) is 5.56 Å². The van der Waals surface area contributed by atoms with Crippen LogP contribution in [0.25, 0.3) is 0 Å². The average molecular weight is 411 g/mol. The van der Waals surface area contributed by atoms with Crippen LogP contribution >= 0.6 is 0 Å². The van der Waals surface area contributed by atoms with Gasteiger partial charge >= 0.3 is 0 Å². The molecule has 2 aromatic rings. The van der Waals surface area contributed by atoms with Gasteiger partial charge in [-0.1, -0.05) is 44.7 Å². The highest BCUT2D eigenvalue weighted by molar-refractivity contribution is 5.28. The molecule has 30 heavy (non-hydrogen) atoms. The fourth-order valence-corrected chi connectivity index (χ4v) is 4.01. The van der Waals surface area contributed by atoms with E-state index in [9.17, 15) is 4.39 Å². The lowest BCUT2D eigenvalue weighted by molar-refractivity contribution is 0.271. The van der Waals surface area contributed by atoms with Crippen molar-refractivity contribution < 1.29 is 9.13 Å². The Morgan fingerprint density at radius 2 is 1.70 bits per heavy atom. The normalized spacial score (nSPS) is 15.7. The van der Waals surface area contributed by atoms with E-state index < -0.39 is 0 Å². The largest absolute Gasteiger partial charge is 0.493 e. The molecular formula is C26H35FN2O. The van der Waals surface area contributed by atoms with E-state index in [1.807, 2.05) is 24.3 Å². The van der Waals surface area contributed by atoms with E-state index in [0.29, 0.717) is 17.8 Å². The third-order valence-corrected chi connectivity index (χ3v) is 5.80. The molecule has 2 N–H and O–H groups in total. The molecule has 0 aromatic heterocycles. The van der Waals surface area contributed by atoms with Crippen LogP contribution in [0.5, 0.6) is 5.75 Å². The first kappa shape index (κ1) is 22.4. The highest BCUT2D eigenvalue weighted by Gasteiger charge is 2.26. The van der Waals surface area contributed by atoms with Gasteiger partial charge in [-0.15, -0.1) is 0 Å². The maximum atomic E-state index is 13.3. The second kappa shape index (κ2) is 11.2. The number of allylic oxidation sites excluding steroid dienone is 1. The summed E-state index contributed by atoms with van der Waals surface area (Å²) in [4.78, 5) is 0. The summed E-state index contributed by atoms with van der Waals surface area (Å²) in [5, 5.41) is 7.02. The number of hydrogen-bond acceptors (Lipinski definition) is 3. The van der Waals surface area contributed by atoms with Gasteiger partial charge in [0.05, 0.1) is 6.61 Å². The van der Waals surface area contributed by atoms with Gasteiger partial charge in [0.25, 0.3) is 0 Å². The number of halogens is 1. The summed E-state index contributed by atoms with van der Waals surface area (Å²) >= 11 is 0. The van der Waals surface area contributed by atoms with Crippen molar-refractivity contribution in [3.05, 3.63) is 77.8 Å². The maximum absolute atomic E-state index is 13.3. The molecule has 1 saturated heterocycles. The molecule has 0 amide bonds. The molecule has 162 valence electrons. The molecule has 0 aliphatic carbocycles. The number of benzene rings is 2. The Balaban J connectivity index is 1.60. The fraction of sp³-hybridized carbons (Fsp3) is 0.462. The summed E-state index contributed by atoms with van der Waals surface area (Å²) in [6, 6.07) is 15.2. The van der Waals surface area contributed by atoms with E-state index in [1.54, 1.807) is 12.1 Å². The van der Waals surface area contributed by atoms with E-state index >= 15 is 0 Å². The Labute approximate surface area is 180 Å². The van der Waals surface area contributed by atoms with Crippen molar-refractivity contribution in [1.82, 2.24) is 10.6 Å². The predicted molar refractivity (Wildman–Crippen MR) is 122 cm³/mol. The van der Waals surface area contributed by atoms with Crippen molar-refractivity contribution in [2.75, 3.05) is 19.7 Å². The van der Waals surface area contributed by atoms with Gasteiger partial charge in [0, 0.05) is 18.2 Å². The predicted octanol–water partition coefficient (Wildman–Crippen LogP) is 5.32. The van der Waals surface area contributed by atoms with Crippen LogP contribution in [-0.2, 0) is 13.0 Å². The number of hydrogen-bond donors (Lipinski definition) is 2. The van der Waals surface area contributed by atoms with Gasteiger partial charge in [0.15, 0.2) is 0 Å². The molecule has 1 heterocycles. The molecule has 2 aromatic carbocycles. The van der Waals surface area contributed by atoms with E-state index in [0.717, 1.165) is 62.5 Å². The Morgan fingerprint density at radius 1 is 1.07 bits per heavy atom. The van der Waals surface area contributed by atoms with Crippen LogP contribution < -0.4 is 15.4 Å². The van der Waals surface area contributed by atoms with Crippen molar-refractivity contribution in [2.45, 2.75) is 39.7 Å². The lowest BCUT2D eigenvalue weighted by Gasteiger charge is -2.33. The van der Waals surface area contributed by atoms with Crippen molar-refractivity contribution in [2.24, 2.45) is 17.8 Å². The summed E-state index contributed by atoms with van der Waals surface area (Å²) in [6.45, 7) is 12.3. The molecule has 0 bridgehead atoms. The third kappa shape index (κ3) is 6.88. The van der Waals surface area contributed by atoms with Crippen molar-refractivity contribution in [1.29, 1.82) is 0 Å². The van der Waals surface area contributed by atoms with Gasteiger partial charge < -0.3 is 15.4 Å². The molecule has 1 atom stereocenters. The van der Waals surface area contributed by atoms with E-state index in [-0.39, 0.29) is 5.82 Å². The van der Waals surface area contributed by atoms with Gasteiger partial charge in [-0.3, -0.25) is 0 Å². The van der Waals surface area contributed by atoms with Gasteiger partial charge in [-0.05, 0) is 79.6 Å². The standard InChI is InChI=1S/C26H35FN2O/c1-19(2)18-30-25-10-6-22(7-11-25)17-29-20(3)26(23-12-14-28-15-13-23)16-21-4-8-24(27)9-5-21/h4-11,19,23,26,28-29H,3,12-18H2,1-2H3/t26-/m0/s1. The minimum Gasteiger partial charge on any atom is -0.493 e. The maximum Gasteiger partial charge on any atom is 0.123 e. The molecular weight excluding hydrogens is 375 g/mol. The van der Waals surface area contributed by atoms with Gasteiger partial charge in [-0.25, -0.2) is 4.39 Å². The Morgan fingerprint density at radius 3 is 2.33 bits per heavy atom. The summed E-state index contributed by atoms with van der Waals surface area (Å²) in [7, 11) is 0. The van der Waals surface area contributed by atoms with Crippen LogP contribution in [0.15, 0.2) is 60.8 Å². The number of rotatable bonds is 10. The topological polar surface area (TPSA) is 33.3 Å². The van der Waals surface area contributed by atoms with Gasteiger partial charge in [0.2, 0.25) is 0 Å². The molecule has 4 heteroatoms. The fourth-order valence-electron chi connectivity index (χ4n) is 4.01. The first-order valence-corrected chi connectivity index (χ1v) is 11.1. The first-order valence-electron chi connectivity index (χ1n) is 11.1. The monoisotopic (exact) mass is 410 g/mol. The summed E-state index contributed by atoms with van der Waals surface area (Å²) < 4.78 is 19.1. The molecule has 3 nitrogen and oxygen atoms in total. The van der Waals surface area contributed by atoms with Gasteiger partial charge in [0.1, 0.15) is 11.6 Å². The second-order valence-corrected chi connectivity index (χ2v) is 8.75. The third-order valence-electron chi connectivity index (χ3n) is 5.80. The van der Waals surface area contributed by atoms with Crippen LogP contribution in [0.3, 0.4) is 0 Å². The lowest BCUT2D eigenvalue weighted by Crippen LogP contribution is -2.35. The number of nitrogens with one attached hydrogen (secondary N) is 2. The van der Waals surface area contributed by atoms with Crippen molar-refractivity contribution in [3.63, 3.8) is 0 Å².